The standard InChI is InChI=1S/C24H23N5O3/c1-25-23-21(24(31)29-32)19-14-26-11-10-20(19)28-22(23)17-4-2-15(3-5-17)16-6-8-18(9-7-16)27-12-13-30/h2-11,14,25,27,30,32H,12-13H2,1H3,(H,29,31). The number of hydroxylamine groups is 1. The zero-order valence-electron chi connectivity index (χ0n) is 17.5. The topological polar surface area (TPSA) is 119 Å². The number of rotatable bonds is 7. The second-order valence-electron chi connectivity index (χ2n) is 7.10. The van der Waals surface area contributed by atoms with Crippen LogP contribution in [0.1, 0.15) is 10.4 Å². The number of hydrogen-bond donors (Lipinski definition) is 5. The van der Waals surface area contributed by atoms with Crippen LogP contribution in [0.3, 0.4) is 0 Å². The van der Waals surface area contributed by atoms with Gasteiger partial charge in [-0.25, -0.2) is 10.5 Å². The molecule has 0 spiro atoms. The fraction of sp³-hybridized carbons (Fsp3) is 0.125. The summed E-state index contributed by atoms with van der Waals surface area (Å²) in [6, 6.07) is 17.6. The van der Waals surface area contributed by atoms with E-state index < -0.39 is 5.91 Å². The fourth-order valence-electron chi connectivity index (χ4n) is 3.65. The SMILES string of the molecule is CNc1c(-c2ccc(-c3ccc(NCCO)cc3)cc2)nc2ccncc2c1C(=O)NO. The van der Waals surface area contributed by atoms with Crippen LogP contribution in [-0.2, 0) is 0 Å². The lowest BCUT2D eigenvalue weighted by molar-refractivity contribution is 0.0709. The molecule has 0 unspecified atom stereocenters. The molecule has 0 aliphatic heterocycles. The summed E-state index contributed by atoms with van der Waals surface area (Å²) in [5.74, 6) is -0.637. The van der Waals surface area contributed by atoms with E-state index in [1.807, 2.05) is 48.5 Å². The van der Waals surface area contributed by atoms with Gasteiger partial charge in [-0.05, 0) is 29.3 Å². The molecule has 0 saturated carbocycles. The molecular weight excluding hydrogens is 406 g/mol. The Morgan fingerprint density at radius 2 is 1.62 bits per heavy atom. The van der Waals surface area contributed by atoms with Gasteiger partial charge < -0.3 is 15.7 Å². The van der Waals surface area contributed by atoms with Crippen LogP contribution in [0, 0.1) is 0 Å². The van der Waals surface area contributed by atoms with Gasteiger partial charge in [0.1, 0.15) is 0 Å². The maximum absolute atomic E-state index is 12.4. The Morgan fingerprint density at radius 1 is 0.969 bits per heavy atom. The third-order valence-corrected chi connectivity index (χ3v) is 5.18. The van der Waals surface area contributed by atoms with E-state index in [2.05, 4.69) is 15.6 Å². The van der Waals surface area contributed by atoms with Crippen molar-refractivity contribution in [1.29, 1.82) is 0 Å². The van der Waals surface area contributed by atoms with Crippen LogP contribution in [0.25, 0.3) is 33.3 Å². The Labute approximate surface area is 184 Å². The molecule has 0 aliphatic carbocycles. The molecule has 0 aliphatic rings. The highest BCUT2D eigenvalue weighted by molar-refractivity contribution is 6.12. The van der Waals surface area contributed by atoms with Gasteiger partial charge >= 0.3 is 0 Å². The smallest absolute Gasteiger partial charge is 0.277 e. The molecular formula is C24H23N5O3. The number of pyridine rings is 2. The molecule has 1 amide bonds. The molecule has 2 aromatic heterocycles. The monoisotopic (exact) mass is 429 g/mol. The molecule has 32 heavy (non-hydrogen) atoms. The van der Waals surface area contributed by atoms with Crippen LogP contribution in [0.5, 0.6) is 0 Å². The lowest BCUT2D eigenvalue weighted by Crippen LogP contribution is -2.21. The van der Waals surface area contributed by atoms with Crippen molar-refractivity contribution in [3.63, 3.8) is 0 Å². The Bertz CT molecular complexity index is 1240. The van der Waals surface area contributed by atoms with Crippen molar-refractivity contribution in [2.24, 2.45) is 0 Å². The molecule has 162 valence electrons. The highest BCUT2D eigenvalue weighted by atomic mass is 16.5. The first-order valence-electron chi connectivity index (χ1n) is 10.1. The third kappa shape index (κ3) is 4.09. The summed E-state index contributed by atoms with van der Waals surface area (Å²) in [5.41, 5.74) is 7.56. The minimum absolute atomic E-state index is 0.0822. The number of hydrogen-bond acceptors (Lipinski definition) is 7. The predicted molar refractivity (Wildman–Crippen MR) is 125 cm³/mol. The van der Waals surface area contributed by atoms with Crippen LogP contribution < -0.4 is 16.1 Å². The van der Waals surface area contributed by atoms with E-state index in [0.717, 1.165) is 22.4 Å². The Morgan fingerprint density at radius 3 is 2.25 bits per heavy atom. The van der Waals surface area contributed by atoms with Crippen LogP contribution in [-0.4, -0.2) is 46.4 Å². The molecule has 0 bridgehead atoms. The molecule has 8 heteroatoms. The zero-order valence-corrected chi connectivity index (χ0v) is 17.5. The number of aliphatic hydroxyl groups is 1. The van der Waals surface area contributed by atoms with Gasteiger partial charge in [0, 0.05) is 42.6 Å². The molecule has 0 saturated heterocycles. The largest absolute Gasteiger partial charge is 0.395 e. The molecule has 0 fully saturated rings. The summed E-state index contributed by atoms with van der Waals surface area (Å²) in [6.45, 7) is 0.589. The average Bonchev–Trinajstić information content (AvgIpc) is 2.86. The minimum Gasteiger partial charge on any atom is -0.395 e. The van der Waals surface area contributed by atoms with Crippen molar-refractivity contribution in [3.05, 3.63) is 72.6 Å². The highest BCUT2D eigenvalue weighted by Gasteiger charge is 2.21. The number of carbonyl (C=O) groups is 1. The number of anilines is 2. The second-order valence-corrected chi connectivity index (χ2v) is 7.10. The molecule has 4 aromatic rings. The quantitative estimate of drug-likeness (QED) is 0.225. The second kappa shape index (κ2) is 9.42. The van der Waals surface area contributed by atoms with Gasteiger partial charge in [0.25, 0.3) is 5.91 Å². The highest BCUT2D eigenvalue weighted by Crippen LogP contribution is 2.35. The predicted octanol–water partition coefficient (Wildman–Crippen LogP) is 3.53. The van der Waals surface area contributed by atoms with Crippen LogP contribution in [0.2, 0.25) is 0 Å². The van der Waals surface area contributed by atoms with Gasteiger partial charge in [0.2, 0.25) is 0 Å². The van der Waals surface area contributed by atoms with Gasteiger partial charge in [0.05, 0.1) is 29.1 Å². The number of fused-ring (bicyclic) bond motifs is 1. The first-order chi connectivity index (χ1) is 15.7. The lowest BCUT2D eigenvalue weighted by Gasteiger charge is -2.16. The molecule has 5 N–H and O–H groups in total. The van der Waals surface area contributed by atoms with Crippen molar-refractivity contribution in [2.45, 2.75) is 0 Å². The van der Waals surface area contributed by atoms with Gasteiger partial charge in [0.15, 0.2) is 0 Å². The number of aliphatic hydroxyl groups excluding tert-OH is 1. The molecule has 4 rings (SSSR count). The number of benzene rings is 2. The van der Waals surface area contributed by atoms with E-state index in [-0.39, 0.29) is 12.2 Å². The van der Waals surface area contributed by atoms with Gasteiger partial charge in [-0.15, -0.1) is 0 Å². The zero-order chi connectivity index (χ0) is 22.5. The Kier molecular flexibility index (Phi) is 6.25. The summed E-state index contributed by atoms with van der Waals surface area (Å²) in [7, 11) is 1.71. The van der Waals surface area contributed by atoms with Crippen molar-refractivity contribution in [2.75, 3.05) is 30.8 Å². The van der Waals surface area contributed by atoms with E-state index in [0.29, 0.717) is 28.8 Å². The van der Waals surface area contributed by atoms with Crippen molar-refractivity contribution >= 4 is 28.2 Å². The molecule has 2 heterocycles. The van der Waals surface area contributed by atoms with E-state index in [9.17, 15) is 10.0 Å². The maximum Gasteiger partial charge on any atom is 0.277 e. The molecule has 2 aromatic carbocycles. The summed E-state index contributed by atoms with van der Waals surface area (Å²) in [6.07, 6.45) is 3.17. The van der Waals surface area contributed by atoms with E-state index in [1.165, 1.54) is 0 Å². The summed E-state index contributed by atoms with van der Waals surface area (Å²) >= 11 is 0. The van der Waals surface area contributed by atoms with Crippen LogP contribution in [0.4, 0.5) is 11.4 Å². The van der Waals surface area contributed by atoms with Crippen LogP contribution in [0.15, 0.2) is 67.0 Å². The number of nitrogens with one attached hydrogen (secondary N) is 3. The van der Waals surface area contributed by atoms with Crippen molar-refractivity contribution in [1.82, 2.24) is 15.4 Å². The third-order valence-electron chi connectivity index (χ3n) is 5.18. The average molecular weight is 429 g/mol. The van der Waals surface area contributed by atoms with E-state index in [1.54, 1.807) is 31.0 Å². The number of nitrogens with zero attached hydrogens (tertiary/aromatic N) is 2. The summed E-state index contributed by atoms with van der Waals surface area (Å²) in [4.78, 5) is 21.3. The number of aromatic nitrogens is 2. The maximum atomic E-state index is 12.4. The van der Waals surface area contributed by atoms with E-state index in [4.69, 9.17) is 10.1 Å². The first-order valence-corrected chi connectivity index (χ1v) is 10.1. The molecule has 8 nitrogen and oxygen atoms in total. The van der Waals surface area contributed by atoms with Gasteiger partial charge in [-0.3, -0.25) is 15.0 Å². The Hall–Kier alpha value is -4.01. The van der Waals surface area contributed by atoms with E-state index >= 15 is 0 Å². The molecule has 0 radical (unpaired) electrons. The van der Waals surface area contributed by atoms with Crippen molar-refractivity contribution in [3.8, 4) is 22.4 Å². The van der Waals surface area contributed by atoms with Gasteiger partial charge in [-0.1, -0.05) is 36.4 Å². The lowest BCUT2D eigenvalue weighted by atomic mass is 9.99. The summed E-state index contributed by atoms with van der Waals surface area (Å²) in [5, 5.41) is 24.9. The first kappa shape index (κ1) is 21.2. The summed E-state index contributed by atoms with van der Waals surface area (Å²) < 4.78 is 0. The number of carbonyl (C=O) groups excluding carboxylic acids is 1. The number of amides is 1. The van der Waals surface area contributed by atoms with Crippen LogP contribution >= 0.6 is 0 Å². The molecule has 0 atom stereocenters. The fourth-order valence-corrected chi connectivity index (χ4v) is 3.65. The van der Waals surface area contributed by atoms with Gasteiger partial charge in [-0.2, -0.15) is 0 Å². The Balaban J connectivity index is 1.74. The van der Waals surface area contributed by atoms with Crippen molar-refractivity contribution < 1.29 is 15.1 Å². The normalized spacial score (nSPS) is 10.7. The minimum atomic E-state index is -0.637.